The molecule has 2 aromatic heterocycles. The lowest BCUT2D eigenvalue weighted by atomic mass is 10.1. The molecule has 28 heavy (non-hydrogen) atoms. The van der Waals surface area contributed by atoms with Gasteiger partial charge in [0, 0.05) is 16.6 Å². The number of hydrogen-bond donors (Lipinski definition) is 3. The molecule has 0 aliphatic heterocycles. The quantitative estimate of drug-likeness (QED) is 0.409. The maximum absolute atomic E-state index is 12.2. The number of benzene rings is 2. The van der Waals surface area contributed by atoms with Gasteiger partial charge in [0.1, 0.15) is 0 Å². The average Bonchev–Trinajstić information content (AvgIpc) is 3.36. The number of nitrogens with zero attached hydrogens (tertiary/aromatic N) is 2. The summed E-state index contributed by atoms with van der Waals surface area (Å²) in [6.45, 7) is 0. The van der Waals surface area contributed by atoms with Crippen molar-refractivity contribution in [3.63, 3.8) is 0 Å². The van der Waals surface area contributed by atoms with Crippen LogP contribution in [0, 0.1) is 0 Å². The highest BCUT2D eigenvalue weighted by Crippen LogP contribution is 2.30. The van der Waals surface area contributed by atoms with Crippen LogP contribution in [-0.2, 0) is 10.0 Å². The van der Waals surface area contributed by atoms with Crippen LogP contribution in [0.25, 0.3) is 11.3 Å². The first-order valence-corrected chi connectivity index (χ1v) is 10.8. The maximum Gasteiger partial charge on any atom is 0.278 e. The summed E-state index contributed by atoms with van der Waals surface area (Å²) in [5.41, 5.74) is 2.88. The Bertz CT molecular complexity index is 1190. The Balaban J connectivity index is 1.49. The zero-order valence-electron chi connectivity index (χ0n) is 14.3. The first-order valence-electron chi connectivity index (χ1n) is 8.10. The van der Waals surface area contributed by atoms with Crippen molar-refractivity contribution in [3.8, 4) is 11.3 Å². The van der Waals surface area contributed by atoms with E-state index in [0.717, 1.165) is 16.9 Å². The molecule has 4 rings (SSSR count). The summed E-state index contributed by atoms with van der Waals surface area (Å²) in [4.78, 5) is 10.9. The maximum atomic E-state index is 12.2. The van der Waals surface area contributed by atoms with Gasteiger partial charge in [-0.25, -0.2) is 9.97 Å². The van der Waals surface area contributed by atoms with E-state index >= 15 is 0 Å². The Morgan fingerprint density at radius 2 is 1.86 bits per heavy atom. The number of sulfonamides is 1. The van der Waals surface area contributed by atoms with Crippen molar-refractivity contribution < 1.29 is 8.42 Å². The van der Waals surface area contributed by atoms with Gasteiger partial charge >= 0.3 is 0 Å². The van der Waals surface area contributed by atoms with E-state index in [1.807, 2.05) is 23.6 Å². The highest BCUT2D eigenvalue weighted by molar-refractivity contribution is 7.92. The smallest absolute Gasteiger partial charge is 0.278 e. The minimum absolute atomic E-state index is 0.00590. The number of rotatable bonds is 6. The second kappa shape index (κ2) is 7.63. The highest BCUT2D eigenvalue weighted by atomic mass is 35.5. The van der Waals surface area contributed by atoms with Gasteiger partial charge in [-0.05, 0) is 24.3 Å². The summed E-state index contributed by atoms with van der Waals surface area (Å²) >= 11 is 7.61. The second-order valence-electron chi connectivity index (χ2n) is 5.74. The molecule has 4 aromatic rings. The Morgan fingerprint density at radius 3 is 2.57 bits per heavy atom. The number of halogens is 1. The van der Waals surface area contributed by atoms with Crippen LogP contribution in [0.1, 0.15) is 0 Å². The van der Waals surface area contributed by atoms with Crippen LogP contribution in [-0.4, -0.2) is 23.4 Å². The summed E-state index contributed by atoms with van der Waals surface area (Å²) in [6, 6.07) is 14.4. The van der Waals surface area contributed by atoms with Crippen LogP contribution in [0.5, 0.6) is 0 Å². The molecule has 7 nitrogen and oxygen atoms in total. The van der Waals surface area contributed by atoms with Crippen molar-refractivity contribution in [1.82, 2.24) is 15.0 Å². The molecule has 2 heterocycles. The SMILES string of the molecule is O=S(=O)(Nc1ccc(-c2csc(Nc3ccccc3Cl)n2)cc1)c1cnc[nH]1. The molecule has 10 heteroatoms. The number of thiazole rings is 1. The Kier molecular flexibility index (Phi) is 5.03. The normalized spacial score (nSPS) is 11.3. The predicted octanol–water partition coefficient (Wildman–Crippen LogP) is 4.73. The van der Waals surface area contributed by atoms with Crippen molar-refractivity contribution in [2.45, 2.75) is 5.03 Å². The molecule has 0 bridgehead atoms. The summed E-state index contributed by atoms with van der Waals surface area (Å²) in [5, 5.41) is 6.45. The van der Waals surface area contributed by atoms with Crippen molar-refractivity contribution in [1.29, 1.82) is 0 Å². The van der Waals surface area contributed by atoms with Gasteiger partial charge in [0.25, 0.3) is 10.0 Å². The molecular formula is C18H14ClN5O2S2. The second-order valence-corrected chi connectivity index (χ2v) is 8.66. The lowest BCUT2D eigenvalue weighted by molar-refractivity contribution is 0.598. The van der Waals surface area contributed by atoms with Gasteiger partial charge in [-0.2, -0.15) is 8.42 Å². The third-order valence-electron chi connectivity index (χ3n) is 3.82. The lowest BCUT2D eigenvalue weighted by Crippen LogP contribution is -2.13. The van der Waals surface area contributed by atoms with E-state index in [4.69, 9.17) is 11.6 Å². The fourth-order valence-corrected chi connectivity index (χ4v) is 4.33. The van der Waals surface area contributed by atoms with E-state index in [1.165, 1.54) is 23.9 Å². The number of imidazole rings is 1. The minimum Gasteiger partial charge on any atom is -0.334 e. The number of aromatic amines is 1. The van der Waals surface area contributed by atoms with Crippen LogP contribution in [0.15, 0.2) is 71.5 Å². The Labute approximate surface area is 170 Å². The number of para-hydroxylation sites is 1. The topological polar surface area (TPSA) is 99.8 Å². The number of nitrogens with one attached hydrogen (secondary N) is 3. The molecule has 0 amide bonds. The summed E-state index contributed by atoms with van der Waals surface area (Å²) in [5.74, 6) is 0. The molecular weight excluding hydrogens is 418 g/mol. The van der Waals surface area contributed by atoms with E-state index in [1.54, 1.807) is 30.3 Å². The van der Waals surface area contributed by atoms with Gasteiger partial charge in [0.2, 0.25) is 0 Å². The van der Waals surface area contributed by atoms with Crippen molar-refractivity contribution in [3.05, 3.63) is 71.5 Å². The fraction of sp³-hybridized carbons (Fsp3) is 0. The van der Waals surface area contributed by atoms with Crippen LogP contribution in [0.2, 0.25) is 5.02 Å². The average molecular weight is 432 g/mol. The summed E-state index contributed by atoms with van der Waals surface area (Å²) < 4.78 is 26.9. The summed E-state index contributed by atoms with van der Waals surface area (Å²) in [6.07, 6.45) is 2.56. The zero-order valence-corrected chi connectivity index (χ0v) is 16.6. The molecule has 3 N–H and O–H groups in total. The van der Waals surface area contributed by atoms with Gasteiger partial charge in [0.15, 0.2) is 10.2 Å². The molecule has 0 aliphatic rings. The van der Waals surface area contributed by atoms with E-state index in [9.17, 15) is 8.42 Å². The van der Waals surface area contributed by atoms with E-state index < -0.39 is 10.0 Å². The van der Waals surface area contributed by atoms with Crippen LogP contribution in [0.4, 0.5) is 16.5 Å². The number of anilines is 3. The summed E-state index contributed by atoms with van der Waals surface area (Å²) in [7, 11) is -3.69. The van der Waals surface area contributed by atoms with Gasteiger partial charge in [-0.1, -0.05) is 35.9 Å². The molecule has 0 saturated carbocycles. The highest BCUT2D eigenvalue weighted by Gasteiger charge is 2.15. The van der Waals surface area contributed by atoms with Crippen molar-refractivity contribution >= 4 is 49.5 Å². The van der Waals surface area contributed by atoms with E-state index in [2.05, 4.69) is 25.0 Å². The molecule has 2 aromatic carbocycles. The van der Waals surface area contributed by atoms with Gasteiger partial charge in [-0.15, -0.1) is 11.3 Å². The van der Waals surface area contributed by atoms with Crippen molar-refractivity contribution in [2.75, 3.05) is 10.0 Å². The first kappa shape index (κ1) is 18.5. The van der Waals surface area contributed by atoms with Gasteiger partial charge in [-0.3, -0.25) is 4.72 Å². The number of aromatic nitrogens is 3. The molecule has 0 unspecified atom stereocenters. The Morgan fingerprint density at radius 1 is 1.07 bits per heavy atom. The van der Waals surface area contributed by atoms with E-state index in [0.29, 0.717) is 15.8 Å². The third kappa shape index (κ3) is 4.01. The monoisotopic (exact) mass is 431 g/mol. The first-order chi connectivity index (χ1) is 13.5. The Hall–Kier alpha value is -2.88. The van der Waals surface area contributed by atoms with Crippen molar-refractivity contribution in [2.24, 2.45) is 0 Å². The van der Waals surface area contributed by atoms with Gasteiger partial charge in [0.05, 0.1) is 28.9 Å². The zero-order chi connectivity index (χ0) is 19.6. The van der Waals surface area contributed by atoms with Gasteiger partial charge < -0.3 is 10.3 Å². The van der Waals surface area contributed by atoms with Crippen LogP contribution >= 0.6 is 22.9 Å². The molecule has 0 spiro atoms. The van der Waals surface area contributed by atoms with Crippen LogP contribution in [0.3, 0.4) is 0 Å². The fourth-order valence-electron chi connectivity index (χ4n) is 2.45. The largest absolute Gasteiger partial charge is 0.334 e. The molecule has 0 radical (unpaired) electrons. The minimum atomic E-state index is -3.69. The number of H-pyrrole nitrogens is 1. The molecule has 0 saturated heterocycles. The molecule has 0 aliphatic carbocycles. The van der Waals surface area contributed by atoms with E-state index in [-0.39, 0.29) is 5.03 Å². The third-order valence-corrected chi connectivity index (χ3v) is 6.21. The van der Waals surface area contributed by atoms with Crippen LogP contribution < -0.4 is 10.0 Å². The lowest BCUT2D eigenvalue weighted by Gasteiger charge is -2.06. The number of hydrogen-bond acceptors (Lipinski definition) is 6. The molecule has 0 fully saturated rings. The molecule has 142 valence electrons. The molecule has 0 atom stereocenters. The standard InChI is InChI=1S/C18H14ClN5O2S2/c19-14-3-1-2-4-15(14)22-18-23-16(10-27-18)12-5-7-13(8-6-12)24-28(25,26)17-9-20-11-21-17/h1-11,24H,(H,20,21)(H,22,23). The predicted molar refractivity (Wildman–Crippen MR) is 112 cm³/mol.